The summed E-state index contributed by atoms with van der Waals surface area (Å²) in [6.45, 7) is 4.93. The number of hydrogen-bond donors (Lipinski definition) is 0. The Hall–Kier alpha value is -1.55. The van der Waals surface area contributed by atoms with Gasteiger partial charge in [-0.3, -0.25) is 14.6 Å². The molecule has 0 aromatic heterocycles. The monoisotopic (exact) mass is 425 g/mol. The predicted molar refractivity (Wildman–Crippen MR) is 107 cm³/mol. The number of amides is 1. The van der Waals surface area contributed by atoms with Crippen LogP contribution in [0, 0.1) is 5.82 Å². The number of morpholine rings is 1. The molecular weight excluding hydrogens is 397 g/mol. The van der Waals surface area contributed by atoms with Gasteiger partial charge in [-0.1, -0.05) is 12.1 Å². The van der Waals surface area contributed by atoms with Gasteiger partial charge in [-0.15, -0.1) is 0 Å². The van der Waals surface area contributed by atoms with Gasteiger partial charge in [-0.05, 0) is 24.1 Å². The largest absolute Gasteiger partial charge is 0.371 e. The van der Waals surface area contributed by atoms with E-state index >= 15 is 0 Å². The first kappa shape index (κ1) is 20.7. The molecule has 3 aliphatic heterocycles. The Balaban J connectivity index is 1.26. The lowest BCUT2D eigenvalue weighted by Gasteiger charge is -2.39. The molecule has 2 atom stereocenters. The van der Waals surface area contributed by atoms with Crippen molar-refractivity contribution in [1.82, 2.24) is 14.7 Å². The van der Waals surface area contributed by atoms with E-state index in [4.69, 9.17) is 4.74 Å². The molecule has 0 spiro atoms. The normalized spacial score (nSPS) is 28.5. The van der Waals surface area contributed by atoms with Gasteiger partial charge in [0, 0.05) is 45.3 Å². The number of sulfone groups is 1. The number of rotatable bonds is 4. The summed E-state index contributed by atoms with van der Waals surface area (Å²) in [5.74, 6) is 0.358. The number of halogens is 1. The highest BCUT2D eigenvalue weighted by molar-refractivity contribution is 7.91. The van der Waals surface area contributed by atoms with E-state index in [1.54, 1.807) is 12.1 Å². The van der Waals surface area contributed by atoms with E-state index < -0.39 is 9.84 Å². The SMILES string of the molecule is O=C(CN1CCOC(c2ccc(F)cc2)C1)N1CCN(C2CCS(=O)(=O)C2)CC1. The molecule has 2 unspecified atom stereocenters. The van der Waals surface area contributed by atoms with Crippen LogP contribution in [0.4, 0.5) is 4.39 Å². The summed E-state index contributed by atoms with van der Waals surface area (Å²) in [4.78, 5) is 19.0. The average molecular weight is 426 g/mol. The lowest BCUT2D eigenvalue weighted by Crippen LogP contribution is -2.54. The second-order valence-electron chi connectivity index (χ2n) is 8.12. The van der Waals surface area contributed by atoms with Crippen LogP contribution in [0.1, 0.15) is 18.1 Å². The van der Waals surface area contributed by atoms with E-state index in [0.29, 0.717) is 45.8 Å². The number of nitrogens with zero attached hydrogens (tertiary/aromatic N) is 3. The Kier molecular flexibility index (Phi) is 6.19. The second-order valence-corrected chi connectivity index (χ2v) is 10.3. The molecule has 0 radical (unpaired) electrons. The Morgan fingerprint density at radius 1 is 1.10 bits per heavy atom. The van der Waals surface area contributed by atoms with Crippen LogP contribution in [0.5, 0.6) is 0 Å². The summed E-state index contributed by atoms with van der Waals surface area (Å²) >= 11 is 0. The van der Waals surface area contributed by atoms with Crippen LogP contribution < -0.4 is 0 Å². The third kappa shape index (κ3) is 5.14. The molecule has 9 heteroatoms. The van der Waals surface area contributed by atoms with Crippen molar-refractivity contribution in [3.63, 3.8) is 0 Å². The standard InChI is InChI=1S/C20H28FN3O4S/c21-17-3-1-16(2-4-17)19-13-22(10-11-28-19)14-20(25)24-8-6-23(7-9-24)18-5-12-29(26,27)15-18/h1-4,18-19H,5-15H2. The van der Waals surface area contributed by atoms with Crippen molar-refractivity contribution in [3.05, 3.63) is 35.6 Å². The first-order valence-electron chi connectivity index (χ1n) is 10.2. The predicted octanol–water partition coefficient (Wildman–Crippen LogP) is 0.530. The molecule has 7 nitrogen and oxygen atoms in total. The smallest absolute Gasteiger partial charge is 0.236 e. The number of benzene rings is 1. The molecule has 160 valence electrons. The molecule has 1 aromatic rings. The third-order valence-electron chi connectivity index (χ3n) is 6.14. The van der Waals surface area contributed by atoms with Crippen molar-refractivity contribution < 1.29 is 22.3 Å². The molecule has 1 amide bonds. The van der Waals surface area contributed by atoms with Gasteiger partial charge in [0.25, 0.3) is 0 Å². The van der Waals surface area contributed by atoms with E-state index in [1.807, 2.05) is 4.90 Å². The van der Waals surface area contributed by atoms with Gasteiger partial charge >= 0.3 is 0 Å². The van der Waals surface area contributed by atoms with E-state index in [0.717, 1.165) is 18.7 Å². The Morgan fingerprint density at radius 3 is 2.48 bits per heavy atom. The third-order valence-corrected chi connectivity index (χ3v) is 7.89. The molecule has 3 aliphatic rings. The van der Waals surface area contributed by atoms with E-state index in [-0.39, 0.29) is 35.4 Å². The van der Waals surface area contributed by atoms with E-state index in [2.05, 4.69) is 9.80 Å². The van der Waals surface area contributed by atoms with Gasteiger partial charge in [0.05, 0.1) is 30.8 Å². The zero-order valence-corrected chi connectivity index (χ0v) is 17.3. The molecular formula is C20H28FN3O4S. The van der Waals surface area contributed by atoms with E-state index in [9.17, 15) is 17.6 Å². The fourth-order valence-corrected chi connectivity index (χ4v) is 6.18. The second kappa shape index (κ2) is 8.67. The van der Waals surface area contributed by atoms with Gasteiger partial charge in [-0.2, -0.15) is 0 Å². The first-order valence-corrected chi connectivity index (χ1v) is 12.0. The van der Waals surface area contributed by atoms with Crippen molar-refractivity contribution in [2.24, 2.45) is 0 Å². The van der Waals surface area contributed by atoms with Gasteiger partial charge in [0.2, 0.25) is 5.91 Å². The van der Waals surface area contributed by atoms with Crippen molar-refractivity contribution in [2.45, 2.75) is 18.6 Å². The highest BCUT2D eigenvalue weighted by Gasteiger charge is 2.34. The summed E-state index contributed by atoms with van der Waals surface area (Å²) in [5.41, 5.74) is 0.920. The molecule has 29 heavy (non-hydrogen) atoms. The minimum Gasteiger partial charge on any atom is -0.371 e. The topological polar surface area (TPSA) is 70.2 Å². The Morgan fingerprint density at radius 2 is 1.83 bits per heavy atom. The molecule has 3 saturated heterocycles. The lowest BCUT2D eigenvalue weighted by atomic mass is 10.1. The maximum Gasteiger partial charge on any atom is 0.236 e. The summed E-state index contributed by atoms with van der Waals surface area (Å²) in [7, 11) is -2.89. The van der Waals surface area contributed by atoms with Crippen LogP contribution in [0.25, 0.3) is 0 Å². The summed E-state index contributed by atoms with van der Waals surface area (Å²) in [6.07, 6.45) is 0.549. The molecule has 0 saturated carbocycles. The van der Waals surface area contributed by atoms with Gasteiger partial charge < -0.3 is 9.64 Å². The first-order chi connectivity index (χ1) is 13.9. The molecule has 0 bridgehead atoms. The molecule has 3 fully saturated rings. The molecule has 4 rings (SSSR count). The fourth-order valence-electron chi connectivity index (χ4n) is 4.42. The maximum absolute atomic E-state index is 13.1. The summed E-state index contributed by atoms with van der Waals surface area (Å²) in [5, 5.41) is 0. The lowest BCUT2D eigenvalue weighted by molar-refractivity contribution is -0.136. The van der Waals surface area contributed by atoms with E-state index in [1.165, 1.54) is 12.1 Å². The molecule has 0 aliphatic carbocycles. The molecule has 0 N–H and O–H groups in total. The van der Waals surface area contributed by atoms with Gasteiger partial charge in [0.15, 0.2) is 9.84 Å². The van der Waals surface area contributed by atoms with Crippen LogP contribution in [-0.2, 0) is 19.4 Å². The minimum absolute atomic E-state index is 0.100. The van der Waals surface area contributed by atoms with Gasteiger partial charge in [0.1, 0.15) is 5.82 Å². The highest BCUT2D eigenvalue weighted by atomic mass is 32.2. The molecule has 3 heterocycles. The zero-order chi connectivity index (χ0) is 20.4. The van der Waals surface area contributed by atoms with Crippen LogP contribution in [0.2, 0.25) is 0 Å². The molecule has 1 aromatic carbocycles. The summed E-state index contributed by atoms with van der Waals surface area (Å²) in [6, 6.07) is 6.42. The number of ether oxygens (including phenoxy) is 1. The Labute approximate surface area is 171 Å². The van der Waals surface area contributed by atoms with Crippen molar-refractivity contribution in [3.8, 4) is 0 Å². The summed E-state index contributed by atoms with van der Waals surface area (Å²) < 4.78 is 42.3. The highest BCUT2D eigenvalue weighted by Crippen LogP contribution is 2.23. The van der Waals surface area contributed by atoms with Gasteiger partial charge in [-0.25, -0.2) is 12.8 Å². The fraction of sp³-hybridized carbons (Fsp3) is 0.650. The van der Waals surface area contributed by atoms with Crippen LogP contribution in [0.15, 0.2) is 24.3 Å². The van der Waals surface area contributed by atoms with Crippen LogP contribution in [-0.4, -0.2) is 99.0 Å². The number of carbonyl (C=O) groups is 1. The maximum atomic E-state index is 13.1. The number of carbonyl (C=O) groups excluding carboxylic acids is 1. The van der Waals surface area contributed by atoms with Crippen molar-refractivity contribution in [1.29, 1.82) is 0 Å². The Bertz CT molecular complexity index is 825. The minimum atomic E-state index is -2.89. The van der Waals surface area contributed by atoms with Crippen molar-refractivity contribution >= 4 is 15.7 Å². The number of hydrogen-bond acceptors (Lipinski definition) is 6. The van der Waals surface area contributed by atoms with Crippen LogP contribution >= 0.6 is 0 Å². The number of piperazine rings is 1. The van der Waals surface area contributed by atoms with Crippen molar-refractivity contribution in [2.75, 3.05) is 63.9 Å². The quantitative estimate of drug-likeness (QED) is 0.701. The van der Waals surface area contributed by atoms with Crippen LogP contribution in [0.3, 0.4) is 0 Å². The zero-order valence-electron chi connectivity index (χ0n) is 16.5. The average Bonchev–Trinajstić information content (AvgIpc) is 3.08.